The third kappa shape index (κ3) is 6.13. The van der Waals surface area contributed by atoms with Gasteiger partial charge in [0.15, 0.2) is 0 Å². The first-order chi connectivity index (χ1) is 20.0. The molecule has 42 heavy (non-hydrogen) atoms. The first-order valence-electron chi connectivity index (χ1n) is 13.6. The molecule has 10 nitrogen and oxygen atoms in total. The minimum absolute atomic E-state index is 0.0816. The van der Waals surface area contributed by atoms with Crippen molar-refractivity contribution in [2.24, 2.45) is 5.92 Å². The van der Waals surface area contributed by atoms with Gasteiger partial charge in [-0.25, -0.2) is 8.42 Å². The number of nitrogens with zero attached hydrogens (tertiary/aromatic N) is 3. The monoisotopic (exact) mass is 656 g/mol. The Morgan fingerprint density at radius 1 is 1.00 bits per heavy atom. The lowest BCUT2D eigenvalue weighted by molar-refractivity contribution is -0.168. The van der Waals surface area contributed by atoms with Gasteiger partial charge in [-0.1, -0.05) is 53.4 Å². The fourth-order valence-electron chi connectivity index (χ4n) is 5.57. The highest BCUT2D eigenvalue weighted by Crippen LogP contribution is 2.35. The highest BCUT2D eigenvalue weighted by molar-refractivity contribution is 7.89. The number of amides is 3. The van der Waals surface area contributed by atoms with Crippen molar-refractivity contribution in [3.8, 4) is 0 Å². The molecule has 2 heterocycles. The molecule has 0 radical (unpaired) electrons. The van der Waals surface area contributed by atoms with Gasteiger partial charge in [0.25, 0.3) is 0 Å². The van der Waals surface area contributed by atoms with Crippen molar-refractivity contribution in [3.05, 3.63) is 63.1 Å². The van der Waals surface area contributed by atoms with Gasteiger partial charge in [-0.15, -0.1) is 0 Å². The normalized spacial score (nSPS) is 23.5. The zero-order valence-corrected chi connectivity index (χ0v) is 25.9. The second-order valence-corrected chi connectivity index (χ2v) is 13.8. The van der Waals surface area contributed by atoms with Crippen LogP contribution in [0.25, 0.3) is 0 Å². The third-order valence-corrected chi connectivity index (χ3v) is 10.9. The van der Waals surface area contributed by atoms with Crippen molar-refractivity contribution in [2.75, 3.05) is 33.4 Å². The molecule has 3 fully saturated rings. The average Bonchev–Trinajstić information content (AvgIpc) is 2.90. The number of hydrogen-bond acceptors (Lipinski definition) is 6. The summed E-state index contributed by atoms with van der Waals surface area (Å²) in [6.45, 7) is 0.0107. The molecule has 0 bridgehead atoms. The van der Waals surface area contributed by atoms with Crippen molar-refractivity contribution in [1.82, 2.24) is 19.4 Å². The number of carbonyl (C=O) groups excluding carboxylic acids is 3. The van der Waals surface area contributed by atoms with Crippen LogP contribution in [0.4, 0.5) is 0 Å². The molecular weight excluding hydrogens is 627 g/mol. The van der Waals surface area contributed by atoms with E-state index in [1.807, 2.05) is 0 Å². The Morgan fingerprint density at radius 2 is 1.69 bits per heavy atom. The number of rotatable bonds is 9. The number of halogens is 3. The number of nitrogens with one attached hydrogen (secondary N) is 1. The van der Waals surface area contributed by atoms with Gasteiger partial charge in [-0.05, 0) is 48.7 Å². The Bertz CT molecular complexity index is 1470. The van der Waals surface area contributed by atoms with E-state index in [0.29, 0.717) is 17.9 Å². The molecule has 1 aliphatic carbocycles. The zero-order valence-electron chi connectivity index (χ0n) is 22.8. The molecule has 3 unspecified atom stereocenters. The van der Waals surface area contributed by atoms with Gasteiger partial charge in [0.2, 0.25) is 27.7 Å². The van der Waals surface area contributed by atoms with Crippen LogP contribution < -0.4 is 5.32 Å². The van der Waals surface area contributed by atoms with Gasteiger partial charge in [0.05, 0.1) is 18.2 Å². The van der Waals surface area contributed by atoms with Crippen molar-refractivity contribution in [1.29, 1.82) is 0 Å². The highest BCUT2D eigenvalue weighted by Gasteiger charge is 2.54. The topological polar surface area (TPSA) is 116 Å². The van der Waals surface area contributed by atoms with Gasteiger partial charge in [-0.2, -0.15) is 4.31 Å². The van der Waals surface area contributed by atoms with E-state index >= 15 is 0 Å². The summed E-state index contributed by atoms with van der Waals surface area (Å²) in [7, 11) is -2.83. The Hall–Kier alpha value is -2.41. The van der Waals surface area contributed by atoms with E-state index in [4.69, 9.17) is 39.5 Å². The van der Waals surface area contributed by atoms with Gasteiger partial charge in [0.1, 0.15) is 23.1 Å². The molecular formula is C28H31Cl3N4O6S. The van der Waals surface area contributed by atoms with Crippen molar-refractivity contribution < 1.29 is 27.5 Å². The molecule has 1 saturated carbocycles. The van der Waals surface area contributed by atoms with Crippen LogP contribution in [0.3, 0.4) is 0 Å². The summed E-state index contributed by atoms with van der Waals surface area (Å²) >= 11 is 18.5. The van der Waals surface area contributed by atoms with Crippen LogP contribution in [0.1, 0.15) is 24.8 Å². The van der Waals surface area contributed by atoms with Crippen molar-refractivity contribution in [2.45, 2.75) is 48.8 Å². The largest absolute Gasteiger partial charge is 0.383 e. The summed E-state index contributed by atoms with van der Waals surface area (Å²) in [5, 5.41) is 3.47. The standard InChI is InChI=1S/C28H31Cl3N4O6S/c1-41-12-11-33-16-25-34(42(39,40)24-10-9-20(30)14-21(24)31)15-22(32-26(36)18-3-2-4-18)27(37)35(25)23(28(33)38)13-17-5-7-19(29)8-6-17/h5-10,14,18,22-23,25H,2-4,11-13,15-16H2,1H3,(H,32,36). The third-order valence-electron chi connectivity index (χ3n) is 8.07. The van der Waals surface area contributed by atoms with Gasteiger partial charge in [0, 0.05) is 42.6 Å². The number of sulfonamides is 1. The van der Waals surface area contributed by atoms with Gasteiger partial charge in [-0.3, -0.25) is 14.4 Å². The minimum Gasteiger partial charge on any atom is -0.383 e. The molecule has 3 aliphatic rings. The molecule has 2 aliphatic heterocycles. The molecule has 226 valence electrons. The SMILES string of the molecule is COCCN1CC2N(C(=O)C(NC(=O)C3CCC3)CN2S(=O)(=O)c2ccc(Cl)cc2Cl)C(Cc2ccc(Cl)cc2)C1=O. The fourth-order valence-corrected chi connectivity index (χ4v) is 8.03. The number of carbonyl (C=O) groups is 3. The molecule has 1 N–H and O–H groups in total. The fraction of sp³-hybridized carbons (Fsp3) is 0.464. The lowest BCUT2D eigenvalue weighted by Gasteiger charge is -2.53. The first kappa shape index (κ1) is 31.0. The maximum absolute atomic E-state index is 14.2. The minimum atomic E-state index is -4.34. The molecule has 3 amide bonds. The maximum Gasteiger partial charge on any atom is 0.248 e. The van der Waals surface area contributed by atoms with E-state index in [9.17, 15) is 22.8 Å². The Morgan fingerprint density at radius 3 is 2.31 bits per heavy atom. The van der Waals surface area contributed by atoms with Gasteiger partial charge >= 0.3 is 0 Å². The summed E-state index contributed by atoms with van der Waals surface area (Å²) in [5.74, 6) is -1.40. The van der Waals surface area contributed by atoms with E-state index in [0.717, 1.165) is 16.3 Å². The maximum atomic E-state index is 14.2. The molecule has 0 aromatic heterocycles. The van der Waals surface area contributed by atoms with E-state index in [1.54, 1.807) is 24.3 Å². The Labute approximate surface area is 259 Å². The number of benzene rings is 2. The second-order valence-electron chi connectivity index (χ2n) is 10.7. The second kappa shape index (κ2) is 12.7. The lowest BCUT2D eigenvalue weighted by atomic mass is 9.84. The van der Waals surface area contributed by atoms with Crippen LogP contribution >= 0.6 is 34.8 Å². The molecule has 5 rings (SSSR count). The number of methoxy groups -OCH3 is 1. The summed E-state index contributed by atoms with van der Waals surface area (Å²) in [6, 6.07) is 8.70. The number of piperazine rings is 1. The summed E-state index contributed by atoms with van der Waals surface area (Å²) in [6.07, 6.45) is 1.37. The lowest BCUT2D eigenvalue weighted by Crippen LogP contribution is -2.76. The Balaban J connectivity index is 1.58. The number of hydrogen-bond donors (Lipinski definition) is 1. The van der Waals surface area contributed by atoms with E-state index in [2.05, 4.69) is 5.32 Å². The summed E-state index contributed by atoms with van der Waals surface area (Å²) in [5.41, 5.74) is 0.730. The molecule has 3 atom stereocenters. The number of fused-ring (bicyclic) bond motifs is 1. The van der Waals surface area contributed by atoms with Crippen LogP contribution in [-0.4, -0.2) is 91.8 Å². The smallest absolute Gasteiger partial charge is 0.248 e. The average molecular weight is 658 g/mol. The molecule has 0 spiro atoms. The molecule has 2 saturated heterocycles. The van der Waals surface area contributed by atoms with E-state index < -0.39 is 34.2 Å². The van der Waals surface area contributed by atoms with Gasteiger partial charge < -0.3 is 19.9 Å². The Kier molecular flexibility index (Phi) is 9.36. The van der Waals surface area contributed by atoms with E-state index in [-0.39, 0.29) is 65.3 Å². The zero-order chi connectivity index (χ0) is 30.2. The number of ether oxygens (including phenoxy) is 1. The predicted octanol–water partition coefficient (Wildman–Crippen LogP) is 3.19. The summed E-state index contributed by atoms with van der Waals surface area (Å²) in [4.78, 5) is 43.6. The first-order valence-corrected chi connectivity index (χ1v) is 16.2. The van der Waals surface area contributed by atoms with Crippen molar-refractivity contribution in [3.63, 3.8) is 0 Å². The van der Waals surface area contributed by atoms with Crippen LogP contribution in [0.5, 0.6) is 0 Å². The van der Waals surface area contributed by atoms with Crippen LogP contribution in [0, 0.1) is 5.92 Å². The molecule has 2 aromatic rings. The van der Waals surface area contributed by atoms with Crippen molar-refractivity contribution >= 4 is 62.5 Å². The quantitative estimate of drug-likeness (QED) is 0.443. The van der Waals surface area contributed by atoms with Crippen LogP contribution in [-0.2, 0) is 35.6 Å². The predicted molar refractivity (Wildman–Crippen MR) is 158 cm³/mol. The van der Waals surface area contributed by atoms with Crippen LogP contribution in [0.15, 0.2) is 47.4 Å². The molecule has 14 heteroatoms. The van der Waals surface area contributed by atoms with E-state index in [1.165, 1.54) is 35.1 Å². The summed E-state index contributed by atoms with van der Waals surface area (Å²) < 4.78 is 34.8. The van der Waals surface area contributed by atoms with Crippen LogP contribution in [0.2, 0.25) is 15.1 Å². The highest BCUT2D eigenvalue weighted by atomic mass is 35.5. The molecule has 2 aromatic carbocycles.